The standard InChI is InChI=1S/C16H19NO/c18-14-11-16-10-4-5-12-17(16)13-6-9-15-7-2-1-3-8-15/h1-3,7-8,14,16H,4-5,10-13H2. The van der Waals surface area contributed by atoms with Crippen LogP contribution < -0.4 is 0 Å². The van der Waals surface area contributed by atoms with Crippen LogP contribution in [0.2, 0.25) is 0 Å². The number of hydrogen-bond donors (Lipinski definition) is 0. The Balaban J connectivity index is 1.92. The Morgan fingerprint density at radius 2 is 2.11 bits per heavy atom. The van der Waals surface area contributed by atoms with Crippen molar-refractivity contribution >= 4 is 6.29 Å². The van der Waals surface area contributed by atoms with Crippen molar-refractivity contribution < 1.29 is 4.79 Å². The Bertz CT molecular complexity index is 429. The summed E-state index contributed by atoms with van der Waals surface area (Å²) in [6.07, 6.45) is 5.27. The molecule has 0 aromatic heterocycles. The fourth-order valence-electron chi connectivity index (χ4n) is 2.41. The summed E-state index contributed by atoms with van der Waals surface area (Å²) in [5.74, 6) is 6.39. The summed E-state index contributed by atoms with van der Waals surface area (Å²) in [5, 5.41) is 0. The summed E-state index contributed by atoms with van der Waals surface area (Å²) in [6.45, 7) is 1.84. The normalized spacial score (nSPS) is 19.9. The maximum Gasteiger partial charge on any atom is 0.121 e. The molecule has 0 radical (unpaired) electrons. The minimum atomic E-state index is 0.404. The maximum absolute atomic E-state index is 10.7. The highest BCUT2D eigenvalue weighted by Gasteiger charge is 2.20. The van der Waals surface area contributed by atoms with Gasteiger partial charge < -0.3 is 4.79 Å². The highest BCUT2D eigenvalue weighted by molar-refractivity contribution is 5.50. The van der Waals surface area contributed by atoms with Crippen molar-refractivity contribution in [2.24, 2.45) is 0 Å². The van der Waals surface area contributed by atoms with Crippen LogP contribution in [0.25, 0.3) is 0 Å². The average molecular weight is 241 g/mol. The number of likely N-dealkylation sites (tertiary alicyclic amines) is 1. The summed E-state index contributed by atoms with van der Waals surface area (Å²) >= 11 is 0. The molecule has 1 unspecified atom stereocenters. The van der Waals surface area contributed by atoms with E-state index in [9.17, 15) is 4.79 Å². The Kier molecular flexibility index (Phi) is 4.99. The van der Waals surface area contributed by atoms with E-state index in [-0.39, 0.29) is 0 Å². The van der Waals surface area contributed by atoms with Gasteiger partial charge in [-0.1, -0.05) is 36.5 Å². The number of nitrogens with zero attached hydrogens (tertiary/aromatic N) is 1. The van der Waals surface area contributed by atoms with Crippen LogP contribution in [0.1, 0.15) is 31.2 Å². The zero-order chi connectivity index (χ0) is 12.6. The van der Waals surface area contributed by atoms with Gasteiger partial charge in [0.15, 0.2) is 0 Å². The van der Waals surface area contributed by atoms with Crippen molar-refractivity contribution in [1.82, 2.24) is 4.90 Å². The number of piperidine rings is 1. The molecule has 2 nitrogen and oxygen atoms in total. The van der Waals surface area contributed by atoms with Crippen LogP contribution in [0.3, 0.4) is 0 Å². The lowest BCUT2D eigenvalue weighted by Crippen LogP contribution is -2.39. The fourth-order valence-corrected chi connectivity index (χ4v) is 2.41. The predicted octanol–water partition coefficient (Wildman–Crippen LogP) is 2.48. The lowest BCUT2D eigenvalue weighted by molar-refractivity contribution is -0.109. The van der Waals surface area contributed by atoms with Gasteiger partial charge in [-0.05, 0) is 31.5 Å². The molecule has 1 fully saturated rings. The third kappa shape index (κ3) is 3.72. The lowest BCUT2D eigenvalue weighted by atomic mass is 10.00. The SMILES string of the molecule is O=CCC1CCCCN1CC#Cc1ccccc1. The molecular weight excluding hydrogens is 222 g/mol. The number of carbonyl (C=O) groups is 1. The van der Waals surface area contributed by atoms with E-state index in [1.165, 1.54) is 12.8 Å². The summed E-state index contributed by atoms with van der Waals surface area (Å²) in [7, 11) is 0. The summed E-state index contributed by atoms with van der Waals surface area (Å²) in [6, 6.07) is 10.4. The topological polar surface area (TPSA) is 20.3 Å². The second kappa shape index (κ2) is 6.98. The first-order valence-corrected chi connectivity index (χ1v) is 6.62. The molecule has 1 atom stereocenters. The first-order chi connectivity index (χ1) is 8.90. The number of aldehydes is 1. The van der Waals surface area contributed by atoms with E-state index in [1.807, 2.05) is 30.3 Å². The smallest absolute Gasteiger partial charge is 0.121 e. The van der Waals surface area contributed by atoms with Gasteiger partial charge in [-0.15, -0.1) is 0 Å². The monoisotopic (exact) mass is 241 g/mol. The van der Waals surface area contributed by atoms with E-state index in [2.05, 4.69) is 16.7 Å². The van der Waals surface area contributed by atoms with Crippen molar-refractivity contribution in [3.63, 3.8) is 0 Å². The van der Waals surface area contributed by atoms with E-state index in [0.29, 0.717) is 12.5 Å². The number of rotatable bonds is 3. The van der Waals surface area contributed by atoms with E-state index in [4.69, 9.17) is 0 Å². The molecule has 1 aromatic carbocycles. The molecule has 0 aliphatic carbocycles. The van der Waals surface area contributed by atoms with Gasteiger partial charge in [-0.2, -0.15) is 0 Å². The molecule has 0 bridgehead atoms. The number of benzene rings is 1. The van der Waals surface area contributed by atoms with Gasteiger partial charge in [-0.25, -0.2) is 0 Å². The van der Waals surface area contributed by atoms with Crippen molar-refractivity contribution in [2.45, 2.75) is 31.7 Å². The molecular formula is C16H19NO. The van der Waals surface area contributed by atoms with E-state index in [0.717, 1.165) is 31.4 Å². The molecule has 0 spiro atoms. The summed E-state index contributed by atoms with van der Waals surface area (Å²) in [5.41, 5.74) is 1.06. The van der Waals surface area contributed by atoms with Crippen LogP contribution in [-0.4, -0.2) is 30.3 Å². The van der Waals surface area contributed by atoms with Gasteiger partial charge in [0.1, 0.15) is 6.29 Å². The van der Waals surface area contributed by atoms with Crippen LogP contribution >= 0.6 is 0 Å². The Morgan fingerprint density at radius 1 is 1.28 bits per heavy atom. The molecule has 1 aliphatic rings. The molecule has 0 N–H and O–H groups in total. The van der Waals surface area contributed by atoms with Crippen molar-refractivity contribution in [1.29, 1.82) is 0 Å². The Hall–Kier alpha value is -1.59. The Labute approximate surface area is 109 Å². The predicted molar refractivity (Wildman–Crippen MR) is 73.2 cm³/mol. The highest BCUT2D eigenvalue weighted by Crippen LogP contribution is 2.18. The number of carbonyl (C=O) groups excluding carboxylic acids is 1. The first-order valence-electron chi connectivity index (χ1n) is 6.62. The summed E-state index contributed by atoms with van der Waals surface area (Å²) < 4.78 is 0. The second-order valence-corrected chi connectivity index (χ2v) is 4.69. The minimum absolute atomic E-state index is 0.404. The van der Waals surface area contributed by atoms with Crippen molar-refractivity contribution in [3.8, 4) is 11.8 Å². The summed E-state index contributed by atoms with van der Waals surface area (Å²) in [4.78, 5) is 13.0. The van der Waals surface area contributed by atoms with Gasteiger partial charge in [0.25, 0.3) is 0 Å². The zero-order valence-electron chi connectivity index (χ0n) is 10.6. The molecule has 1 aromatic rings. The van der Waals surface area contributed by atoms with Gasteiger partial charge in [0.2, 0.25) is 0 Å². The lowest BCUT2D eigenvalue weighted by Gasteiger charge is -2.33. The molecule has 2 heteroatoms. The van der Waals surface area contributed by atoms with Crippen LogP contribution in [0.15, 0.2) is 30.3 Å². The average Bonchev–Trinajstić information content (AvgIpc) is 2.42. The number of hydrogen-bond acceptors (Lipinski definition) is 2. The van der Waals surface area contributed by atoms with Crippen LogP contribution in [0.5, 0.6) is 0 Å². The maximum atomic E-state index is 10.7. The molecule has 1 saturated heterocycles. The molecule has 0 amide bonds. The van der Waals surface area contributed by atoms with Gasteiger partial charge in [-0.3, -0.25) is 4.90 Å². The minimum Gasteiger partial charge on any atom is -0.303 e. The molecule has 1 aliphatic heterocycles. The third-order valence-electron chi connectivity index (χ3n) is 3.41. The molecule has 0 saturated carbocycles. The fraction of sp³-hybridized carbons (Fsp3) is 0.438. The largest absolute Gasteiger partial charge is 0.303 e. The van der Waals surface area contributed by atoms with E-state index < -0.39 is 0 Å². The van der Waals surface area contributed by atoms with Crippen LogP contribution in [0, 0.1) is 11.8 Å². The van der Waals surface area contributed by atoms with Crippen LogP contribution in [-0.2, 0) is 4.79 Å². The second-order valence-electron chi connectivity index (χ2n) is 4.69. The quantitative estimate of drug-likeness (QED) is 0.598. The van der Waals surface area contributed by atoms with Gasteiger partial charge in [0, 0.05) is 18.0 Å². The first kappa shape index (κ1) is 12.9. The zero-order valence-corrected chi connectivity index (χ0v) is 10.6. The van der Waals surface area contributed by atoms with E-state index >= 15 is 0 Å². The van der Waals surface area contributed by atoms with E-state index in [1.54, 1.807) is 0 Å². The van der Waals surface area contributed by atoms with Crippen molar-refractivity contribution in [3.05, 3.63) is 35.9 Å². The highest BCUT2D eigenvalue weighted by atomic mass is 16.1. The Morgan fingerprint density at radius 3 is 2.89 bits per heavy atom. The third-order valence-corrected chi connectivity index (χ3v) is 3.41. The molecule has 1 heterocycles. The van der Waals surface area contributed by atoms with Crippen molar-refractivity contribution in [2.75, 3.05) is 13.1 Å². The van der Waals surface area contributed by atoms with Gasteiger partial charge >= 0.3 is 0 Å². The molecule has 94 valence electrons. The van der Waals surface area contributed by atoms with Gasteiger partial charge in [0.05, 0.1) is 6.54 Å². The molecule has 18 heavy (non-hydrogen) atoms. The molecule has 2 rings (SSSR count). The van der Waals surface area contributed by atoms with Crippen LogP contribution in [0.4, 0.5) is 0 Å².